The molecule has 2 aliphatic carbocycles. The molecule has 1 aromatic carbocycles. The van der Waals surface area contributed by atoms with Crippen molar-refractivity contribution in [1.82, 2.24) is 31.1 Å². The highest BCUT2D eigenvalue weighted by Crippen LogP contribution is 2.45. The fraction of sp³-hybridized carbons (Fsp3) is 0.595. The molecule has 0 aromatic heterocycles. The van der Waals surface area contributed by atoms with Crippen LogP contribution in [0.15, 0.2) is 36.9 Å². The summed E-state index contributed by atoms with van der Waals surface area (Å²) in [7, 11) is 0. The van der Waals surface area contributed by atoms with Crippen LogP contribution in [0.25, 0.3) is 0 Å². The van der Waals surface area contributed by atoms with Crippen LogP contribution in [0.4, 0.5) is 4.79 Å². The Labute approximate surface area is 324 Å². The molecule has 13 nitrogen and oxygen atoms in total. The number of carbonyl (C=O) groups is 7. The fourth-order valence-electron chi connectivity index (χ4n) is 8.83. The van der Waals surface area contributed by atoms with E-state index in [1.807, 2.05) is 27.7 Å². The lowest BCUT2D eigenvalue weighted by Gasteiger charge is -2.43. The molecule has 0 spiro atoms. The smallest absolute Gasteiger partial charge is 0.315 e. The van der Waals surface area contributed by atoms with Gasteiger partial charge in [0.05, 0.1) is 29.8 Å². The van der Waals surface area contributed by atoms with Gasteiger partial charge >= 0.3 is 6.03 Å². The minimum atomic E-state index is -1.18. The Bertz CT molecular complexity index is 1700. The summed E-state index contributed by atoms with van der Waals surface area (Å²) in [5.41, 5.74) is -0.582. The van der Waals surface area contributed by atoms with Gasteiger partial charge in [0.15, 0.2) is 0 Å². The van der Waals surface area contributed by atoms with E-state index in [1.54, 1.807) is 29.2 Å². The first-order valence-corrected chi connectivity index (χ1v) is 19.6. The Kier molecular flexibility index (Phi) is 12.9. The summed E-state index contributed by atoms with van der Waals surface area (Å²) in [6.07, 6.45) is 13.7. The molecule has 0 radical (unpaired) electrons. The van der Waals surface area contributed by atoms with E-state index in [1.165, 1.54) is 6.08 Å². The SMILES string of the molecule is C#CCCC(NC(=O)[C@@H]1[C@H]2CCC[C@H]2CN1C(=O)[C@@H](NC(=O)N[C@H](CN1C(=O)c2ccccc2C1=O)C(C)(C)C)C1(C)CCCCC1)C(=O)C(=O)NCC=C. The summed E-state index contributed by atoms with van der Waals surface area (Å²) < 4.78 is 0. The quantitative estimate of drug-likeness (QED) is 0.0969. The van der Waals surface area contributed by atoms with E-state index in [0.29, 0.717) is 30.5 Å². The number of ketones is 1. The Balaban J connectivity index is 1.38. The molecule has 0 bridgehead atoms. The summed E-state index contributed by atoms with van der Waals surface area (Å²) in [6, 6.07) is 2.25. The maximum absolute atomic E-state index is 15.0. The van der Waals surface area contributed by atoms with Crippen molar-refractivity contribution in [2.75, 3.05) is 19.6 Å². The molecule has 1 aromatic rings. The number of hydrogen-bond acceptors (Lipinski definition) is 7. The van der Waals surface area contributed by atoms with Crippen LogP contribution in [0.2, 0.25) is 0 Å². The Morgan fingerprint density at radius 3 is 2.24 bits per heavy atom. The van der Waals surface area contributed by atoms with E-state index in [9.17, 15) is 33.6 Å². The summed E-state index contributed by atoms with van der Waals surface area (Å²) >= 11 is 0. The molecule has 13 heteroatoms. The van der Waals surface area contributed by atoms with Gasteiger partial charge < -0.3 is 26.2 Å². The number of hydrogen-bond donors (Lipinski definition) is 4. The second kappa shape index (κ2) is 17.2. The third-order valence-corrected chi connectivity index (χ3v) is 12.1. The zero-order valence-electron chi connectivity index (χ0n) is 32.6. The van der Waals surface area contributed by atoms with Gasteiger partial charge in [-0.1, -0.05) is 71.6 Å². The van der Waals surface area contributed by atoms with E-state index < -0.39 is 70.4 Å². The van der Waals surface area contributed by atoms with Crippen LogP contribution in [-0.2, 0) is 19.2 Å². The second-order valence-corrected chi connectivity index (χ2v) is 16.9. The van der Waals surface area contributed by atoms with E-state index in [2.05, 4.69) is 33.8 Å². The zero-order chi connectivity index (χ0) is 40.1. The van der Waals surface area contributed by atoms with Crippen LogP contribution in [0.5, 0.6) is 0 Å². The second-order valence-electron chi connectivity index (χ2n) is 16.9. The molecule has 4 N–H and O–H groups in total. The van der Waals surface area contributed by atoms with Gasteiger partial charge in [-0.05, 0) is 66.9 Å². The van der Waals surface area contributed by atoms with E-state index in [0.717, 1.165) is 43.4 Å². The number of Topliss-reactive ketones (excluding diaryl/α,β-unsaturated/α-hetero) is 1. The highest BCUT2D eigenvalue weighted by molar-refractivity contribution is 6.38. The van der Waals surface area contributed by atoms with Gasteiger partial charge in [0.25, 0.3) is 17.7 Å². The number of fused-ring (bicyclic) bond motifs is 2. The molecule has 2 heterocycles. The standard InChI is InChI=1S/C42H56N6O7/c1-7-9-20-30(33(49)36(51)43-23-8-2)44-35(50)32-27-19-15-16-26(27)24-47(32)39(54)34(42(6)21-13-10-14-22-42)46-40(55)45-31(41(3,4)5)25-48-37(52)28-17-11-12-18-29(28)38(48)53/h1,8,11-12,17-18,26-27,30-32,34H,2,9-10,13-16,19-25H2,3-6H3,(H,43,51)(H,44,50)(H2,45,46,55)/t26-,27-,30?,31+,32-,34+/m0/s1. The number of nitrogens with one attached hydrogen (secondary N) is 4. The van der Waals surface area contributed by atoms with Gasteiger partial charge in [-0.3, -0.25) is 33.7 Å². The molecule has 296 valence electrons. The van der Waals surface area contributed by atoms with Crippen LogP contribution in [0, 0.1) is 35.0 Å². The van der Waals surface area contributed by atoms with Crippen molar-refractivity contribution < 1.29 is 33.6 Å². The number of carbonyl (C=O) groups excluding carboxylic acids is 7. The molecule has 7 amide bonds. The largest absolute Gasteiger partial charge is 0.346 e. The summed E-state index contributed by atoms with van der Waals surface area (Å²) in [5.74, 6) is -1.07. The number of urea groups is 1. The first-order valence-electron chi connectivity index (χ1n) is 19.6. The third kappa shape index (κ3) is 8.95. The van der Waals surface area contributed by atoms with Crippen LogP contribution in [0.1, 0.15) is 113 Å². The molecule has 6 atom stereocenters. The third-order valence-electron chi connectivity index (χ3n) is 12.1. The van der Waals surface area contributed by atoms with Crippen LogP contribution in [-0.4, -0.2) is 95.0 Å². The van der Waals surface area contributed by atoms with Gasteiger partial charge in [-0.15, -0.1) is 18.9 Å². The molecular weight excluding hydrogens is 700 g/mol. The van der Waals surface area contributed by atoms with Gasteiger partial charge in [0.2, 0.25) is 17.6 Å². The average molecular weight is 757 g/mol. The van der Waals surface area contributed by atoms with Crippen molar-refractivity contribution in [3.8, 4) is 12.3 Å². The van der Waals surface area contributed by atoms with Crippen molar-refractivity contribution in [2.45, 2.75) is 116 Å². The lowest BCUT2D eigenvalue weighted by atomic mass is 9.70. The molecule has 3 fully saturated rings. The topological polar surface area (TPSA) is 174 Å². The number of likely N-dealkylation sites (tertiary alicyclic amines) is 1. The van der Waals surface area contributed by atoms with Crippen LogP contribution < -0.4 is 21.3 Å². The molecule has 55 heavy (non-hydrogen) atoms. The van der Waals surface area contributed by atoms with Gasteiger partial charge in [-0.25, -0.2) is 4.79 Å². The van der Waals surface area contributed by atoms with Gasteiger partial charge in [0, 0.05) is 19.5 Å². The monoisotopic (exact) mass is 756 g/mol. The minimum Gasteiger partial charge on any atom is -0.346 e. The number of nitrogens with zero attached hydrogens (tertiary/aromatic N) is 2. The first-order chi connectivity index (χ1) is 26.1. The molecule has 2 saturated carbocycles. The Hall–Kier alpha value is -4.99. The van der Waals surface area contributed by atoms with Crippen molar-refractivity contribution in [2.24, 2.45) is 22.7 Å². The fourth-order valence-corrected chi connectivity index (χ4v) is 8.83. The van der Waals surface area contributed by atoms with Crippen molar-refractivity contribution in [3.63, 3.8) is 0 Å². The number of amides is 7. The first kappa shape index (κ1) is 41.2. The molecular formula is C42H56N6O7. The zero-order valence-corrected chi connectivity index (χ0v) is 32.6. The highest BCUT2D eigenvalue weighted by atomic mass is 16.2. The van der Waals surface area contributed by atoms with Crippen molar-refractivity contribution in [1.29, 1.82) is 0 Å². The Morgan fingerprint density at radius 2 is 1.64 bits per heavy atom. The molecule has 1 unspecified atom stereocenters. The van der Waals surface area contributed by atoms with Crippen LogP contribution >= 0.6 is 0 Å². The predicted molar refractivity (Wildman–Crippen MR) is 206 cm³/mol. The number of rotatable bonds is 14. The lowest BCUT2D eigenvalue weighted by molar-refractivity contribution is -0.145. The Morgan fingerprint density at radius 1 is 0.982 bits per heavy atom. The van der Waals surface area contributed by atoms with Gasteiger partial charge in [0.1, 0.15) is 12.1 Å². The lowest BCUT2D eigenvalue weighted by Crippen LogP contribution is -2.63. The minimum absolute atomic E-state index is 0.0510. The number of imide groups is 1. The van der Waals surface area contributed by atoms with E-state index in [4.69, 9.17) is 6.42 Å². The molecule has 4 aliphatic rings. The summed E-state index contributed by atoms with van der Waals surface area (Å²) in [4.78, 5) is 98.4. The van der Waals surface area contributed by atoms with Crippen molar-refractivity contribution in [3.05, 3.63) is 48.0 Å². The predicted octanol–water partition coefficient (Wildman–Crippen LogP) is 3.73. The van der Waals surface area contributed by atoms with Gasteiger partial charge in [-0.2, -0.15) is 0 Å². The van der Waals surface area contributed by atoms with E-state index in [-0.39, 0.29) is 43.7 Å². The van der Waals surface area contributed by atoms with Crippen molar-refractivity contribution >= 4 is 41.4 Å². The number of terminal acetylenes is 1. The van der Waals surface area contributed by atoms with E-state index >= 15 is 0 Å². The molecule has 2 aliphatic heterocycles. The van der Waals surface area contributed by atoms with Crippen LogP contribution in [0.3, 0.4) is 0 Å². The molecule has 5 rings (SSSR count). The normalized spacial score (nSPS) is 23.1. The number of benzene rings is 1. The molecule has 1 saturated heterocycles. The average Bonchev–Trinajstić information content (AvgIpc) is 3.83. The summed E-state index contributed by atoms with van der Waals surface area (Å²) in [5, 5.41) is 11.3. The maximum Gasteiger partial charge on any atom is 0.315 e. The highest BCUT2D eigenvalue weighted by Gasteiger charge is 2.53. The maximum atomic E-state index is 15.0. The summed E-state index contributed by atoms with van der Waals surface area (Å²) in [6.45, 7) is 11.6.